The molecule has 1 aliphatic rings. The van der Waals surface area contributed by atoms with Crippen LogP contribution in [0, 0.1) is 0 Å². The van der Waals surface area contributed by atoms with Gasteiger partial charge < -0.3 is 20.3 Å². The van der Waals surface area contributed by atoms with Crippen molar-refractivity contribution >= 4 is 39.9 Å². The SMILES string of the molecule is Cl.O=C(NS(=O)(=O)CCCO)c1ccc(-c2ccc(OCCNC[C@H](O)c3cccc(Cl)c3)cc2)cc1C1CCCC1. The van der Waals surface area contributed by atoms with Gasteiger partial charge in [0.25, 0.3) is 5.91 Å². The fraction of sp³-hybridized carbons (Fsp3) is 0.387. The summed E-state index contributed by atoms with van der Waals surface area (Å²) in [4.78, 5) is 13.0. The van der Waals surface area contributed by atoms with Crippen molar-refractivity contribution in [3.8, 4) is 16.9 Å². The molecule has 4 N–H and O–H groups in total. The smallest absolute Gasteiger partial charge is 0.265 e. The number of sulfonamides is 1. The summed E-state index contributed by atoms with van der Waals surface area (Å²) in [6, 6.07) is 20.4. The largest absolute Gasteiger partial charge is 0.492 e. The highest BCUT2D eigenvalue weighted by Crippen LogP contribution is 2.38. The number of ether oxygens (including phenoxy) is 1. The Balaban J connectivity index is 0.00000484. The second-order valence-electron chi connectivity index (χ2n) is 10.3. The Morgan fingerprint density at radius 1 is 1.02 bits per heavy atom. The fourth-order valence-electron chi connectivity index (χ4n) is 5.08. The molecular weight excluding hydrogens is 599 g/mol. The van der Waals surface area contributed by atoms with Gasteiger partial charge in [0, 0.05) is 30.3 Å². The standard InChI is InChI=1S/C31H37ClN2O6S.ClH/c32-26-8-3-7-25(19-26)30(36)21-33-15-17-40-27-12-9-22(10-13-27)24-11-14-28(29(20-24)23-5-1-2-6-23)31(37)34-41(38,39)18-4-16-35;/h3,7-14,19-20,23,30,33,35-36H,1-2,4-6,15-18,21H2,(H,34,37);1H/t30-;/m0./s1. The van der Waals surface area contributed by atoms with Crippen molar-refractivity contribution in [1.29, 1.82) is 0 Å². The summed E-state index contributed by atoms with van der Waals surface area (Å²) < 4.78 is 32.5. The normalized spacial score (nSPS) is 14.3. The molecule has 8 nitrogen and oxygen atoms in total. The van der Waals surface area contributed by atoms with Gasteiger partial charge in [-0.05, 0) is 77.8 Å². The number of amides is 1. The summed E-state index contributed by atoms with van der Waals surface area (Å²) in [6.45, 7) is 1.11. The number of nitrogens with one attached hydrogen (secondary N) is 2. The van der Waals surface area contributed by atoms with Crippen molar-refractivity contribution in [3.05, 3.63) is 88.4 Å². The number of halogens is 2. The summed E-state index contributed by atoms with van der Waals surface area (Å²) in [5, 5.41) is 23.0. The summed E-state index contributed by atoms with van der Waals surface area (Å²) in [7, 11) is -3.82. The summed E-state index contributed by atoms with van der Waals surface area (Å²) in [6.07, 6.45) is 3.47. The third-order valence-corrected chi connectivity index (χ3v) is 8.77. The molecule has 0 aromatic heterocycles. The summed E-state index contributed by atoms with van der Waals surface area (Å²) in [5.74, 6) is -0.0233. The van der Waals surface area contributed by atoms with E-state index in [1.807, 2.05) is 48.5 Å². The Hall–Kier alpha value is -2.66. The predicted molar refractivity (Wildman–Crippen MR) is 168 cm³/mol. The van der Waals surface area contributed by atoms with E-state index in [2.05, 4.69) is 10.0 Å². The molecule has 4 rings (SSSR count). The first kappa shape index (κ1) is 33.8. The maximum absolute atomic E-state index is 13.0. The lowest BCUT2D eigenvalue weighted by Crippen LogP contribution is -2.33. The van der Waals surface area contributed by atoms with Crippen LogP contribution < -0.4 is 14.8 Å². The minimum absolute atomic E-state index is 0. The Morgan fingerprint density at radius 2 is 1.74 bits per heavy atom. The van der Waals surface area contributed by atoms with Crippen LogP contribution in [0.25, 0.3) is 11.1 Å². The molecule has 3 aromatic carbocycles. The Bertz CT molecular complexity index is 1410. The van der Waals surface area contributed by atoms with Gasteiger partial charge in [0.15, 0.2) is 0 Å². The second-order valence-corrected chi connectivity index (χ2v) is 12.5. The number of carbonyl (C=O) groups is 1. The Kier molecular flexibility index (Phi) is 13.1. The van der Waals surface area contributed by atoms with Crippen LogP contribution in [0.5, 0.6) is 5.75 Å². The summed E-state index contributed by atoms with van der Waals surface area (Å²) in [5.41, 5.74) is 3.90. The van der Waals surface area contributed by atoms with Crippen LogP contribution >= 0.6 is 24.0 Å². The zero-order chi connectivity index (χ0) is 29.2. The van der Waals surface area contributed by atoms with E-state index in [1.165, 1.54) is 0 Å². The molecule has 0 saturated heterocycles. The van der Waals surface area contributed by atoms with Gasteiger partial charge in [-0.25, -0.2) is 13.1 Å². The van der Waals surface area contributed by atoms with E-state index < -0.39 is 22.0 Å². The van der Waals surface area contributed by atoms with E-state index in [4.69, 9.17) is 21.4 Å². The molecule has 1 atom stereocenters. The van der Waals surface area contributed by atoms with Gasteiger partial charge in [-0.1, -0.05) is 60.8 Å². The molecule has 1 amide bonds. The van der Waals surface area contributed by atoms with E-state index in [1.54, 1.807) is 18.2 Å². The van der Waals surface area contributed by atoms with Crippen molar-refractivity contribution < 1.29 is 28.2 Å². The van der Waals surface area contributed by atoms with E-state index in [0.717, 1.165) is 47.9 Å². The highest BCUT2D eigenvalue weighted by Gasteiger charge is 2.25. The molecule has 0 spiro atoms. The van der Waals surface area contributed by atoms with Gasteiger partial charge in [0.1, 0.15) is 12.4 Å². The van der Waals surface area contributed by atoms with Gasteiger partial charge in [-0.3, -0.25) is 4.79 Å². The van der Waals surface area contributed by atoms with Gasteiger partial charge in [-0.15, -0.1) is 12.4 Å². The van der Waals surface area contributed by atoms with E-state index in [-0.39, 0.29) is 37.1 Å². The van der Waals surface area contributed by atoms with Crippen molar-refractivity contribution in [2.45, 2.75) is 44.1 Å². The molecule has 1 saturated carbocycles. The monoisotopic (exact) mass is 636 g/mol. The van der Waals surface area contributed by atoms with Crippen LogP contribution in [0.15, 0.2) is 66.7 Å². The van der Waals surface area contributed by atoms with Crippen molar-refractivity contribution in [2.24, 2.45) is 0 Å². The Morgan fingerprint density at radius 3 is 2.43 bits per heavy atom. The van der Waals surface area contributed by atoms with Gasteiger partial charge in [-0.2, -0.15) is 0 Å². The summed E-state index contributed by atoms with van der Waals surface area (Å²) >= 11 is 5.99. The highest BCUT2D eigenvalue weighted by molar-refractivity contribution is 7.90. The molecule has 0 radical (unpaired) electrons. The Labute approximate surface area is 258 Å². The predicted octanol–water partition coefficient (Wildman–Crippen LogP) is 5.23. The van der Waals surface area contributed by atoms with Crippen molar-refractivity contribution in [1.82, 2.24) is 10.0 Å². The highest BCUT2D eigenvalue weighted by atomic mass is 35.5. The molecule has 228 valence electrons. The topological polar surface area (TPSA) is 125 Å². The molecular formula is C31H38Cl2N2O6S. The molecule has 42 heavy (non-hydrogen) atoms. The lowest BCUT2D eigenvalue weighted by molar-refractivity contribution is 0.0980. The first-order chi connectivity index (χ1) is 19.8. The van der Waals surface area contributed by atoms with Crippen LogP contribution in [-0.2, 0) is 10.0 Å². The zero-order valence-electron chi connectivity index (χ0n) is 23.3. The van der Waals surface area contributed by atoms with Crippen molar-refractivity contribution in [3.63, 3.8) is 0 Å². The molecule has 0 aliphatic heterocycles. The van der Waals surface area contributed by atoms with Crippen LogP contribution in [0.3, 0.4) is 0 Å². The second kappa shape index (κ2) is 16.3. The van der Waals surface area contributed by atoms with Crippen LogP contribution in [0.2, 0.25) is 5.02 Å². The number of aliphatic hydroxyl groups excluding tert-OH is 2. The number of hydrogen-bond donors (Lipinski definition) is 4. The number of hydrogen-bond acceptors (Lipinski definition) is 7. The van der Waals surface area contributed by atoms with Crippen LogP contribution in [0.4, 0.5) is 0 Å². The third kappa shape index (κ3) is 9.69. The maximum Gasteiger partial charge on any atom is 0.265 e. The first-order valence-corrected chi connectivity index (χ1v) is 16.0. The molecule has 3 aromatic rings. The van der Waals surface area contributed by atoms with Gasteiger partial charge in [0.05, 0.1) is 11.9 Å². The molecule has 11 heteroatoms. The molecule has 0 unspecified atom stereocenters. The van der Waals surface area contributed by atoms with Crippen LogP contribution in [-0.4, -0.2) is 56.6 Å². The lowest BCUT2D eigenvalue weighted by Gasteiger charge is -2.17. The minimum Gasteiger partial charge on any atom is -0.492 e. The number of aliphatic hydroxyl groups is 2. The molecule has 1 fully saturated rings. The number of carbonyl (C=O) groups excluding carboxylic acids is 1. The zero-order valence-corrected chi connectivity index (χ0v) is 25.7. The quantitative estimate of drug-likeness (QED) is 0.179. The maximum atomic E-state index is 13.0. The lowest BCUT2D eigenvalue weighted by atomic mass is 9.89. The van der Waals surface area contributed by atoms with Crippen LogP contribution in [0.1, 0.15) is 65.6 Å². The average molecular weight is 638 g/mol. The van der Waals surface area contributed by atoms with E-state index >= 15 is 0 Å². The first-order valence-electron chi connectivity index (χ1n) is 13.9. The van der Waals surface area contributed by atoms with Gasteiger partial charge >= 0.3 is 0 Å². The third-order valence-electron chi connectivity index (χ3n) is 7.22. The number of benzene rings is 3. The van der Waals surface area contributed by atoms with E-state index in [9.17, 15) is 18.3 Å². The van der Waals surface area contributed by atoms with Crippen molar-refractivity contribution in [2.75, 3.05) is 32.1 Å². The van der Waals surface area contributed by atoms with Gasteiger partial charge in [0.2, 0.25) is 10.0 Å². The number of rotatable bonds is 14. The molecule has 0 bridgehead atoms. The molecule has 0 heterocycles. The van der Waals surface area contributed by atoms with E-state index in [0.29, 0.717) is 36.0 Å². The fourth-order valence-corrected chi connectivity index (χ4v) is 6.28. The minimum atomic E-state index is -3.82. The average Bonchev–Trinajstić information content (AvgIpc) is 3.51. The molecule has 1 aliphatic carbocycles.